The van der Waals surface area contributed by atoms with Crippen LogP contribution in [0.4, 0.5) is 18.9 Å². The fourth-order valence-corrected chi connectivity index (χ4v) is 4.72. The Bertz CT molecular complexity index is 703. The van der Waals surface area contributed by atoms with Gasteiger partial charge in [-0.15, -0.1) is 0 Å². The molecule has 0 heterocycles. The fraction of sp³-hybridized carbons (Fsp3) is 0.600. The number of sulfonamides is 1. The van der Waals surface area contributed by atoms with E-state index in [2.05, 4.69) is 5.32 Å². The van der Waals surface area contributed by atoms with Crippen LogP contribution in [0.15, 0.2) is 23.1 Å². The van der Waals surface area contributed by atoms with Gasteiger partial charge in [-0.2, -0.15) is 13.2 Å². The van der Waals surface area contributed by atoms with Crippen molar-refractivity contribution in [1.82, 2.24) is 0 Å². The molecule has 3 rings (SSSR count). The largest absolute Gasteiger partial charge is 0.417 e. The number of rotatable bonds is 4. The zero-order valence-electron chi connectivity index (χ0n) is 12.4. The molecular weight excluding hydrogens is 329 g/mol. The highest BCUT2D eigenvalue weighted by atomic mass is 32.2. The van der Waals surface area contributed by atoms with Crippen LogP contribution in [0.25, 0.3) is 0 Å². The maximum absolute atomic E-state index is 13.1. The predicted octanol–water partition coefficient (Wildman–Crippen LogP) is 3.20. The van der Waals surface area contributed by atoms with E-state index in [0.717, 1.165) is 24.5 Å². The summed E-state index contributed by atoms with van der Waals surface area (Å²) in [6.45, 7) is 0.618. The monoisotopic (exact) mass is 348 g/mol. The summed E-state index contributed by atoms with van der Waals surface area (Å²) in [6.07, 6.45) is 0.0487. The second-order valence-electron chi connectivity index (χ2n) is 6.57. The van der Waals surface area contributed by atoms with Crippen molar-refractivity contribution in [2.24, 2.45) is 22.9 Å². The molecular formula is C15H19F3N2O2S. The van der Waals surface area contributed by atoms with E-state index in [1.54, 1.807) is 0 Å². The minimum Gasteiger partial charge on any atom is -0.385 e. The van der Waals surface area contributed by atoms with E-state index in [4.69, 9.17) is 5.14 Å². The van der Waals surface area contributed by atoms with Gasteiger partial charge in [0.1, 0.15) is 0 Å². The van der Waals surface area contributed by atoms with Gasteiger partial charge in [0.25, 0.3) is 0 Å². The highest BCUT2D eigenvalue weighted by Gasteiger charge is 2.39. The van der Waals surface area contributed by atoms with Gasteiger partial charge in [0.15, 0.2) is 0 Å². The zero-order valence-corrected chi connectivity index (χ0v) is 13.3. The molecule has 1 aromatic carbocycles. The molecule has 2 saturated carbocycles. The highest BCUT2D eigenvalue weighted by molar-refractivity contribution is 7.89. The molecule has 2 bridgehead atoms. The number of benzene rings is 1. The molecule has 0 radical (unpaired) electrons. The summed E-state index contributed by atoms with van der Waals surface area (Å²) in [5.41, 5.74) is -0.953. The van der Waals surface area contributed by atoms with Gasteiger partial charge >= 0.3 is 6.18 Å². The highest BCUT2D eigenvalue weighted by Crippen LogP contribution is 2.48. The normalized spacial score (nSPS) is 27.4. The van der Waals surface area contributed by atoms with Gasteiger partial charge in [-0.05, 0) is 55.2 Å². The molecule has 1 aromatic rings. The maximum Gasteiger partial charge on any atom is 0.417 e. The van der Waals surface area contributed by atoms with Gasteiger partial charge in [-0.3, -0.25) is 0 Å². The Kier molecular flexibility index (Phi) is 4.08. The Labute approximate surface area is 133 Å². The van der Waals surface area contributed by atoms with Crippen molar-refractivity contribution in [3.63, 3.8) is 0 Å². The van der Waals surface area contributed by atoms with Gasteiger partial charge in [-0.1, -0.05) is 6.42 Å². The molecule has 128 valence electrons. The molecule has 3 N–H and O–H groups in total. The van der Waals surface area contributed by atoms with Gasteiger partial charge in [-0.25, -0.2) is 13.6 Å². The molecule has 2 aliphatic rings. The number of nitrogens with one attached hydrogen (secondary N) is 1. The summed E-state index contributed by atoms with van der Waals surface area (Å²) in [7, 11) is -4.42. The maximum atomic E-state index is 13.1. The van der Waals surface area contributed by atoms with Crippen LogP contribution < -0.4 is 10.5 Å². The Morgan fingerprint density at radius 1 is 1.22 bits per heavy atom. The summed E-state index contributed by atoms with van der Waals surface area (Å²) < 4.78 is 61.9. The molecule has 0 amide bonds. The van der Waals surface area contributed by atoms with E-state index in [1.807, 2.05) is 0 Å². The second kappa shape index (κ2) is 5.66. The Morgan fingerprint density at radius 2 is 1.96 bits per heavy atom. The lowest BCUT2D eigenvalue weighted by Gasteiger charge is -2.23. The molecule has 0 aromatic heterocycles. The van der Waals surface area contributed by atoms with Crippen LogP contribution in [0.5, 0.6) is 0 Å². The number of primary sulfonamides is 1. The lowest BCUT2D eigenvalue weighted by atomic mass is 9.89. The predicted molar refractivity (Wildman–Crippen MR) is 80.2 cm³/mol. The molecule has 4 nitrogen and oxygen atoms in total. The van der Waals surface area contributed by atoms with Crippen LogP contribution in [0.3, 0.4) is 0 Å². The second-order valence-corrected chi connectivity index (χ2v) is 8.10. The smallest absolute Gasteiger partial charge is 0.385 e. The first-order chi connectivity index (χ1) is 10.6. The van der Waals surface area contributed by atoms with E-state index in [-0.39, 0.29) is 5.69 Å². The number of nitrogens with two attached hydrogens (primary N) is 1. The summed E-state index contributed by atoms with van der Waals surface area (Å²) in [4.78, 5) is -0.893. The van der Waals surface area contributed by atoms with Crippen molar-refractivity contribution in [3.05, 3.63) is 23.8 Å². The van der Waals surface area contributed by atoms with Crippen LogP contribution in [0.1, 0.15) is 31.2 Å². The summed E-state index contributed by atoms with van der Waals surface area (Å²) >= 11 is 0. The Balaban J connectivity index is 1.78. The average molecular weight is 348 g/mol. The lowest BCUT2D eigenvalue weighted by molar-refractivity contribution is -0.139. The van der Waals surface area contributed by atoms with Crippen LogP contribution in [0.2, 0.25) is 0 Å². The van der Waals surface area contributed by atoms with Gasteiger partial charge in [0.2, 0.25) is 10.0 Å². The summed E-state index contributed by atoms with van der Waals surface area (Å²) in [5, 5.41) is 7.90. The third-order valence-corrected chi connectivity index (χ3v) is 6.01. The lowest BCUT2D eigenvalue weighted by Crippen LogP contribution is -2.21. The molecule has 0 saturated heterocycles. The van der Waals surface area contributed by atoms with E-state index < -0.39 is 26.7 Å². The molecule has 2 fully saturated rings. The first kappa shape index (κ1) is 16.6. The van der Waals surface area contributed by atoms with Gasteiger partial charge in [0.05, 0.1) is 10.5 Å². The molecule has 8 heteroatoms. The third kappa shape index (κ3) is 3.47. The van der Waals surface area contributed by atoms with E-state index in [1.165, 1.54) is 25.3 Å². The topological polar surface area (TPSA) is 72.2 Å². The average Bonchev–Trinajstić information content (AvgIpc) is 3.05. The Morgan fingerprint density at radius 3 is 2.48 bits per heavy atom. The number of hydrogen-bond donors (Lipinski definition) is 2. The van der Waals surface area contributed by atoms with Crippen molar-refractivity contribution < 1.29 is 21.6 Å². The third-order valence-electron chi connectivity index (χ3n) is 5.04. The number of fused-ring (bicyclic) bond motifs is 2. The van der Waals surface area contributed by atoms with Crippen LogP contribution in [0, 0.1) is 17.8 Å². The number of hydrogen-bond acceptors (Lipinski definition) is 3. The molecule has 3 atom stereocenters. The van der Waals surface area contributed by atoms with Crippen molar-refractivity contribution >= 4 is 15.7 Å². The zero-order chi connectivity index (χ0) is 16.8. The van der Waals surface area contributed by atoms with Gasteiger partial charge in [0, 0.05) is 12.2 Å². The van der Waals surface area contributed by atoms with Crippen LogP contribution in [-0.2, 0) is 16.2 Å². The number of anilines is 1. The molecule has 2 aliphatic carbocycles. The molecule has 0 spiro atoms. The molecule has 3 unspecified atom stereocenters. The van der Waals surface area contributed by atoms with E-state index in [0.29, 0.717) is 18.4 Å². The van der Waals surface area contributed by atoms with Crippen molar-refractivity contribution in [3.8, 4) is 0 Å². The van der Waals surface area contributed by atoms with Crippen molar-refractivity contribution in [1.29, 1.82) is 0 Å². The standard InChI is InChI=1S/C15H19F3N2O2S/c16-15(17,18)13-7-12(3-4-14(13)23(19,21)22)20-8-11-6-9-1-2-10(11)5-9/h3-4,7,9-11,20H,1-2,5-6,8H2,(H2,19,21,22). The van der Waals surface area contributed by atoms with Crippen molar-refractivity contribution in [2.45, 2.75) is 36.8 Å². The SMILES string of the molecule is NS(=O)(=O)c1ccc(NCC2CC3CCC2C3)cc1C(F)(F)F. The quantitative estimate of drug-likeness (QED) is 0.878. The number of alkyl halides is 3. The van der Waals surface area contributed by atoms with E-state index in [9.17, 15) is 21.6 Å². The summed E-state index contributed by atoms with van der Waals surface area (Å²) in [5.74, 6) is 1.92. The van der Waals surface area contributed by atoms with Gasteiger partial charge < -0.3 is 5.32 Å². The fourth-order valence-electron chi connectivity index (χ4n) is 3.98. The van der Waals surface area contributed by atoms with Crippen molar-refractivity contribution in [2.75, 3.05) is 11.9 Å². The molecule has 0 aliphatic heterocycles. The summed E-state index contributed by atoms with van der Waals surface area (Å²) in [6, 6.07) is 3.08. The van der Waals surface area contributed by atoms with Crippen LogP contribution >= 0.6 is 0 Å². The van der Waals surface area contributed by atoms with E-state index >= 15 is 0 Å². The minimum atomic E-state index is -4.77. The first-order valence-electron chi connectivity index (χ1n) is 7.62. The Hall–Kier alpha value is -1.28. The first-order valence-corrected chi connectivity index (χ1v) is 9.17. The molecule has 23 heavy (non-hydrogen) atoms. The number of halogens is 3. The van der Waals surface area contributed by atoms with Crippen LogP contribution in [-0.4, -0.2) is 15.0 Å². The minimum absolute atomic E-state index is 0.271.